The van der Waals surface area contributed by atoms with Crippen molar-refractivity contribution in [3.63, 3.8) is 0 Å². The van der Waals surface area contributed by atoms with E-state index in [0.717, 1.165) is 82.6 Å². The van der Waals surface area contributed by atoms with Crippen molar-refractivity contribution in [2.24, 2.45) is 0 Å². The zero-order valence-electron chi connectivity index (χ0n) is 48.8. The van der Waals surface area contributed by atoms with Crippen LogP contribution in [0.15, 0.2) is 324 Å². The first-order valence-corrected chi connectivity index (χ1v) is 31.0. The van der Waals surface area contributed by atoms with Crippen LogP contribution < -0.4 is 0 Å². The van der Waals surface area contributed by atoms with Crippen molar-refractivity contribution in [2.45, 2.75) is 0 Å². The summed E-state index contributed by atoms with van der Waals surface area (Å²) in [5, 5.41) is 21.3. The van der Waals surface area contributed by atoms with Crippen LogP contribution in [-0.4, -0.2) is 0 Å². The predicted octanol–water partition coefficient (Wildman–Crippen LogP) is 25.2. The Bertz CT molecular complexity index is 6080. The molecule has 2 heteroatoms. The number of fused-ring (bicyclic) bond motifs is 13. The quantitative estimate of drug-likeness (QED) is 0.149. The van der Waals surface area contributed by atoms with Crippen LogP contribution in [0.1, 0.15) is 0 Å². The SMILES string of the molecule is c1cc(-c2ccc3ccccc3c2)cc(-c2c3ccccc3c(-c3ccc(-c4ccc(-c5ccc(-c6c7ccccc7c(-c7ccc8c(c7)oc7cc9ccccc9cc78)c7ccccc67)cc5)cc4)c4c3oc3cc5ccccc5cc34)c3ccccc23)c1. The molecule has 0 spiro atoms. The van der Waals surface area contributed by atoms with E-state index in [2.05, 4.69) is 315 Å². The Morgan fingerprint density at radius 1 is 0.167 bits per heavy atom. The van der Waals surface area contributed by atoms with Gasteiger partial charge in [-0.25, -0.2) is 0 Å². The maximum Gasteiger partial charge on any atom is 0.143 e. The molecule has 0 radical (unpaired) electrons. The molecule has 90 heavy (non-hydrogen) atoms. The van der Waals surface area contributed by atoms with E-state index in [9.17, 15) is 0 Å². The van der Waals surface area contributed by atoms with Gasteiger partial charge in [-0.05, 0) is 197 Å². The highest BCUT2D eigenvalue weighted by molar-refractivity contribution is 6.27. The lowest BCUT2D eigenvalue weighted by atomic mass is 9.84. The van der Waals surface area contributed by atoms with Gasteiger partial charge in [0.15, 0.2) is 0 Å². The van der Waals surface area contributed by atoms with Gasteiger partial charge in [0.1, 0.15) is 22.3 Å². The molecule has 0 atom stereocenters. The van der Waals surface area contributed by atoms with E-state index in [1.54, 1.807) is 0 Å². The van der Waals surface area contributed by atoms with E-state index in [0.29, 0.717) is 0 Å². The van der Waals surface area contributed by atoms with Gasteiger partial charge in [-0.15, -0.1) is 0 Å². The highest BCUT2D eigenvalue weighted by Crippen LogP contribution is 2.51. The molecule has 2 aromatic heterocycles. The number of rotatable bonds is 7. The molecule has 0 saturated heterocycles. The van der Waals surface area contributed by atoms with Crippen LogP contribution in [0, 0.1) is 0 Å². The van der Waals surface area contributed by atoms with Crippen LogP contribution in [0.25, 0.3) is 197 Å². The van der Waals surface area contributed by atoms with Gasteiger partial charge in [0.2, 0.25) is 0 Å². The van der Waals surface area contributed by atoms with Crippen LogP contribution >= 0.6 is 0 Å². The van der Waals surface area contributed by atoms with Gasteiger partial charge in [0.25, 0.3) is 0 Å². The van der Waals surface area contributed by atoms with Crippen molar-refractivity contribution < 1.29 is 8.83 Å². The summed E-state index contributed by atoms with van der Waals surface area (Å²) in [5.74, 6) is 0. The molecule has 0 amide bonds. The lowest BCUT2D eigenvalue weighted by molar-refractivity contribution is 0.669. The zero-order chi connectivity index (χ0) is 59.0. The number of furan rings is 2. The molecule has 0 saturated carbocycles. The molecule has 0 unspecified atom stereocenters. The molecule has 416 valence electrons. The fraction of sp³-hybridized carbons (Fsp3) is 0. The summed E-state index contributed by atoms with van der Waals surface area (Å²) in [7, 11) is 0. The smallest absolute Gasteiger partial charge is 0.143 e. The van der Waals surface area contributed by atoms with Crippen LogP contribution in [-0.2, 0) is 0 Å². The van der Waals surface area contributed by atoms with E-state index in [1.807, 2.05) is 0 Å². The molecular weight excluding hydrogens is 1090 g/mol. The largest absolute Gasteiger partial charge is 0.456 e. The van der Waals surface area contributed by atoms with Crippen LogP contribution in [0.3, 0.4) is 0 Å². The molecular formula is C88H52O2. The normalized spacial score (nSPS) is 12.0. The number of hydrogen-bond acceptors (Lipinski definition) is 2. The molecule has 17 aromatic carbocycles. The van der Waals surface area contributed by atoms with Gasteiger partial charge in [-0.2, -0.15) is 0 Å². The van der Waals surface area contributed by atoms with Crippen molar-refractivity contribution in [1.29, 1.82) is 0 Å². The second-order valence-corrected chi connectivity index (χ2v) is 24.2. The van der Waals surface area contributed by atoms with Crippen molar-refractivity contribution in [3.05, 3.63) is 315 Å². The third-order valence-electron chi connectivity index (χ3n) is 19.2. The summed E-state index contributed by atoms with van der Waals surface area (Å²) in [6.45, 7) is 0. The Balaban J connectivity index is 0.710. The molecule has 0 fully saturated rings. The third kappa shape index (κ3) is 7.85. The summed E-state index contributed by atoms with van der Waals surface area (Å²) in [6.07, 6.45) is 0. The first kappa shape index (κ1) is 50.3. The van der Waals surface area contributed by atoms with E-state index in [1.165, 1.54) is 115 Å². The Kier molecular flexibility index (Phi) is 11.1. The lowest BCUT2D eigenvalue weighted by Gasteiger charge is -2.19. The van der Waals surface area contributed by atoms with Crippen molar-refractivity contribution in [1.82, 2.24) is 0 Å². The summed E-state index contributed by atoms with van der Waals surface area (Å²) in [4.78, 5) is 0. The van der Waals surface area contributed by atoms with E-state index < -0.39 is 0 Å². The van der Waals surface area contributed by atoms with Gasteiger partial charge in [-0.3, -0.25) is 0 Å². The molecule has 0 bridgehead atoms. The molecule has 19 rings (SSSR count). The highest BCUT2D eigenvalue weighted by atomic mass is 16.3. The maximum absolute atomic E-state index is 7.27. The van der Waals surface area contributed by atoms with Crippen LogP contribution in [0.2, 0.25) is 0 Å². The maximum atomic E-state index is 7.27. The summed E-state index contributed by atoms with van der Waals surface area (Å²) >= 11 is 0. The Morgan fingerprint density at radius 3 is 1.11 bits per heavy atom. The van der Waals surface area contributed by atoms with Gasteiger partial charge >= 0.3 is 0 Å². The highest BCUT2D eigenvalue weighted by Gasteiger charge is 2.24. The first-order valence-electron chi connectivity index (χ1n) is 31.0. The number of benzene rings is 17. The van der Waals surface area contributed by atoms with Gasteiger partial charge in [0, 0.05) is 32.7 Å². The van der Waals surface area contributed by atoms with Gasteiger partial charge in [0.05, 0.1) is 0 Å². The first-order chi connectivity index (χ1) is 44.6. The van der Waals surface area contributed by atoms with Crippen molar-refractivity contribution >= 4 is 119 Å². The van der Waals surface area contributed by atoms with Crippen molar-refractivity contribution in [2.75, 3.05) is 0 Å². The summed E-state index contributed by atoms with van der Waals surface area (Å²) < 4.78 is 13.9. The second kappa shape index (κ2) is 19.8. The molecule has 0 aliphatic rings. The lowest BCUT2D eigenvalue weighted by Crippen LogP contribution is -1.92. The Hall–Kier alpha value is -11.8. The zero-order valence-corrected chi connectivity index (χ0v) is 48.8. The minimum Gasteiger partial charge on any atom is -0.456 e. The monoisotopic (exact) mass is 1140 g/mol. The summed E-state index contributed by atoms with van der Waals surface area (Å²) in [5.41, 5.74) is 19.9. The minimum absolute atomic E-state index is 0.873. The molecule has 0 aliphatic carbocycles. The van der Waals surface area contributed by atoms with E-state index >= 15 is 0 Å². The fourth-order valence-corrected chi connectivity index (χ4v) is 15.0. The molecule has 2 nitrogen and oxygen atoms in total. The van der Waals surface area contributed by atoms with Gasteiger partial charge < -0.3 is 8.83 Å². The summed E-state index contributed by atoms with van der Waals surface area (Å²) in [6, 6.07) is 116. The minimum atomic E-state index is 0.873. The molecule has 0 aliphatic heterocycles. The average molecular weight is 1140 g/mol. The second-order valence-electron chi connectivity index (χ2n) is 24.2. The van der Waals surface area contributed by atoms with E-state index in [4.69, 9.17) is 8.83 Å². The fourth-order valence-electron chi connectivity index (χ4n) is 15.0. The molecule has 19 aromatic rings. The predicted molar refractivity (Wildman–Crippen MR) is 382 cm³/mol. The topological polar surface area (TPSA) is 26.3 Å². The van der Waals surface area contributed by atoms with Crippen LogP contribution in [0.5, 0.6) is 0 Å². The molecule has 0 N–H and O–H groups in total. The number of hydrogen-bond donors (Lipinski definition) is 0. The van der Waals surface area contributed by atoms with Crippen LogP contribution in [0.4, 0.5) is 0 Å². The van der Waals surface area contributed by atoms with E-state index in [-0.39, 0.29) is 0 Å². The van der Waals surface area contributed by atoms with Gasteiger partial charge in [-0.1, -0.05) is 261 Å². The molecule has 2 heterocycles. The standard InChI is InChI=1S/C88H52O2/c1-2-17-58-46-64(41-36-53(58)16-1)59-22-15-23-65(47-59)84-73-28-11-13-30-75(73)86(76-31-14-12-29-74(76)84)77-45-44-67(87-79-49-61-19-4-6-21-63(61)51-82(79)90-88(77)87)56-37-32-54(33-38-56)55-34-39-57(40-35-55)83-69-24-7-9-26-71(69)85(72-27-10-8-25-70(72)83)66-42-43-68-78-48-60-18-3-5-20-62(60)50-81(78)89-80(68)52-66/h1-52H. The Labute approximate surface area is 518 Å². The van der Waals surface area contributed by atoms with Crippen molar-refractivity contribution in [3.8, 4) is 77.9 Å². The Morgan fingerprint density at radius 2 is 0.544 bits per heavy atom. The average Bonchev–Trinajstić information content (AvgIpc) is 1.46. The third-order valence-corrected chi connectivity index (χ3v) is 19.2.